The number of hydrogen-bond donors (Lipinski definition) is 1. The van der Waals surface area contributed by atoms with Crippen molar-refractivity contribution in [3.05, 3.63) is 24.0 Å². The van der Waals surface area contributed by atoms with E-state index in [9.17, 15) is 13.2 Å². The maximum absolute atomic E-state index is 11.9. The molecule has 1 N–H and O–H groups in total. The standard InChI is InChI=1S/C5H4BrF3N2/c6-11-2-1-4(3-10-11)5(7,8)9/h1-3,10H. The summed E-state index contributed by atoms with van der Waals surface area (Å²) in [6.07, 6.45) is -1.22. The number of nitrogens with zero attached hydrogens (tertiary/aromatic N) is 1. The van der Waals surface area contributed by atoms with Gasteiger partial charge < -0.3 is 0 Å². The summed E-state index contributed by atoms with van der Waals surface area (Å²) >= 11 is 2.91. The van der Waals surface area contributed by atoms with Crippen molar-refractivity contribution >= 4 is 16.1 Å². The van der Waals surface area contributed by atoms with Crippen LogP contribution in [-0.2, 0) is 0 Å². The van der Waals surface area contributed by atoms with Crippen LogP contribution in [0.2, 0.25) is 0 Å². The third-order valence-corrected chi connectivity index (χ3v) is 1.50. The van der Waals surface area contributed by atoms with E-state index in [-0.39, 0.29) is 0 Å². The topological polar surface area (TPSA) is 15.3 Å². The Morgan fingerprint density at radius 2 is 2.09 bits per heavy atom. The fourth-order valence-corrected chi connectivity index (χ4v) is 0.765. The molecule has 1 aliphatic rings. The summed E-state index contributed by atoms with van der Waals surface area (Å²) in [4.78, 5) is 0. The van der Waals surface area contributed by atoms with Crippen LogP contribution in [0, 0.1) is 0 Å². The number of alkyl halides is 3. The molecule has 1 heterocycles. The lowest BCUT2D eigenvalue weighted by Crippen LogP contribution is -2.25. The predicted octanol–water partition coefficient (Wildman–Crippen LogP) is 2.08. The Bertz CT molecular complexity index is 208. The van der Waals surface area contributed by atoms with E-state index in [0.29, 0.717) is 0 Å². The molecule has 11 heavy (non-hydrogen) atoms. The van der Waals surface area contributed by atoms with Gasteiger partial charge in [-0.15, -0.1) is 0 Å². The summed E-state index contributed by atoms with van der Waals surface area (Å²) in [5.41, 5.74) is 1.62. The summed E-state index contributed by atoms with van der Waals surface area (Å²) in [7, 11) is 0. The van der Waals surface area contributed by atoms with Gasteiger partial charge in [0.25, 0.3) is 0 Å². The first-order chi connectivity index (χ1) is 5.00. The normalized spacial score (nSPS) is 17.8. The first-order valence-electron chi connectivity index (χ1n) is 2.67. The molecule has 0 radical (unpaired) electrons. The number of rotatable bonds is 0. The number of allylic oxidation sites excluding steroid dienone is 2. The number of nitrogens with one attached hydrogen (secondary N) is 1. The van der Waals surface area contributed by atoms with E-state index in [1.54, 1.807) is 0 Å². The van der Waals surface area contributed by atoms with Gasteiger partial charge in [0.1, 0.15) is 0 Å². The molecular formula is C5H4BrF3N2. The second-order valence-electron chi connectivity index (χ2n) is 1.85. The highest BCUT2D eigenvalue weighted by Gasteiger charge is 2.32. The zero-order valence-corrected chi connectivity index (χ0v) is 6.78. The SMILES string of the molecule is FC(F)(F)C1=CNN(Br)C=C1. The second-order valence-corrected chi connectivity index (χ2v) is 2.62. The number of hydrogen-bond acceptors (Lipinski definition) is 2. The molecule has 0 aliphatic carbocycles. The number of hydrazine groups is 1. The summed E-state index contributed by atoms with van der Waals surface area (Å²) in [5.74, 6) is 0. The Hall–Kier alpha value is -0.650. The molecule has 1 rings (SSSR count). The van der Waals surface area contributed by atoms with Crippen LogP contribution in [0.3, 0.4) is 0 Å². The van der Waals surface area contributed by atoms with Gasteiger partial charge in [-0.05, 0) is 6.08 Å². The van der Waals surface area contributed by atoms with Crippen LogP contribution in [0.4, 0.5) is 13.2 Å². The van der Waals surface area contributed by atoms with Crippen LogP contribution in [0.5, 0.6) is 0 Å². The highest BCUT2D eigenvalue weighted by molar-refractivity contribution is 9.07. The van der Waals surface area contributed by atoms with Crippen molar-refractivity contribution < 1.29 is 13.2 Å². The molecule has 0 aromatic heterocycles. The van der Waals surface area contributed by atoms with Crippen molar-refractivity contribution in [3.63, 3.8) is 0 Å². The van der Waals surface area contributed by atoms with Gasteiger partial charge in [0, 0.05) is 12.4 Å². The largest absolute Gasteiger partial charge is 0.417 e. The fourth-order valence-electron chi connectivity index (χ4n) is 0.544. The third kappa shape index (κ3) is 2.14. The monoisotopic (exact) mass is 228 g/mol. The predicted molar refractivity (Wildman–Crippen MR) is 37.2 cm³/mol. The van der Waals surface area contributed by atoms with E-state index in [0.717, 1.165) is 12.3 Å². The minimum atomic E-state index is -4.28. The van der Waals surface area contributed by atoms with E-state index in [4.69, 9.17) is 0 Å². The number of halogens is 4. The van der Waals surface area contributed by atoms with Crippen LogP contribution in [-0.4, -0.2) is 10.2 Å². The van der Waals surface area contributed by atoms with Crippen molar-refractivity contribution in [3.8, 4) is 0 Å². The Labute approximate surface area is 69.7 Å². The Balaban J connectivity index is 2.71. The van der Waals surface area contributed by atoms with Crippen molar-refractivity contribution in [2.45, 2.75) is 6.18 Å². The van der Waals surface area contributed by atoms with E-state index in [1.165, 1.54) is 10.2 Å². The van der Waals surface area contributed by atoms with E-state index < -0.39 is 11.7 Å². The summed E-state index contributed by atoms with van der Waals surface area (Å²) in [6.45, 7) is 0. The minimum absolute atomic E-state index is 0.701. The average Bonchev–Trinajstić information content (AvgIpc) is 1.86. The van der Waals surface area contributed by atoms with Crippen LogP contribution >= 0.6 is 16.1 Å². The summed E-state index contributed by atoms with van der Waals surface area (Å²) in [6, 6.07) is 0. The van der Waals surface area contributed by atoms with Crippen molar-refractivity contribution in [2.24, 2.45) is 0 Å². The van der Waals surface area contributed by atoms with E-state index in [2.05, 4.69) is 21.6 Å². The molecule has 0 bridgehead atoms. The zero-order valence-electron chi connectivity index (χ0n) is 5.19. The minimum Gasteiger partial charge on any atom is -0.295 e. The molecule has 0 aromatic rings. The molecule has 0 amide bonds. The van der Waals surface area contributed by atoms with Gasteiger partial charge >= 0.3 is 6.18 Å². The Morgan fingerprint density at radius 1 is 1.45 bits per heavy atom. The molecule has 1 aliphatic heterocycles. The fraction of sp³-hybridized carbons (Fsp3) is 0.200. The van der Waals surface area contributed by atoms with Gasteiger partial charge in [-0.25, -0.2) is 4.03 Å². The van der Waals surface area contributed by atoms with Crippen LogP contribution in [0.15, 0.2) is 24.0 Å². The molecule has 62 valence electrons. The summed E-state index contributed by atoms with van der Waals surface area (Å²) < 4.78 is 36.9. The molecule has 0 saturated carbocycles. The Kier molecular flexibility index (Phi) is 2.12. The van der Waals surface area contributed by atoms with Crippen LogP contribution < -0.4 is 5.43 Å². The highest BCUT2D eigenvalue weighted by Crippen LogP contribution is 2.27. The third-order valence-electron chi connectivity index (χ3n) is 1.06. The highest BCUT2D eigenvalue weighted by atomic mass is 79.9. The van der Waals surface area contributed by atoms with Gasteiger partial charge in [-0.2, -0.15) is 13.2 Å². The molecule has 0 fully saturated rings. The maximum atomic E-state index is 11.9. The van der Waals surface area contributed by atoms with Gasteiger partial charge in [-0.3, -0.25) is 5.43 Å². The molecule has 0 atom stereocenters. The van der Waals surface area contributed by atoms with E-state index >= 15 is 0 Å². The van der Waals surface area contributed by atoms with Crippen LogP contribution in [0.25, 0.3) is 0 Å². The maximum Gasteiger partial charge on any atom is 0.417 e. The lowest BCUT2D eigenvalue weighted by molar-refractivity contribution is -0.0891. The summed E-state index contributed by atoms with van der Waals surface area (Å²) in [5, 5.41) is 0. The van der Waals surface area contributed by atoms with Crippen molar-refractivity contribution in [2.75, 3.05) is 0 Å². The molecule has 2 nitrogen and oxygen atoms in total. The van der Waals surface area contributed by atoms with Gasteiger partial charge in [0.15, 0.2) is 0 Å². The quantitative estimate of drug-likeness (QED) is 0.639. The first kappa shape index (κ1) is 8.45. The van der Waals surface area contributed by atoms with Crippen LogP contribution in [0.1, 0.15) is 0 Å². The first-order valence-corrected chi connectivity index (χ1v) is 3.38. The smallest absolute Gasteiger partial charge is 0.295 e. The average molecular weight is 229 g/mol. The van der Waals surface area contributed by atoms with Gasteiger partial charge in [0.05, 0.1) is 21.7 Å². The lowest BCUT2D eigenvalue weighted by atomic mass is 10.2. The van der Waals surface area contributed by atoms with Gasteiger partial charge in [0.2, 0.25) is 0 Å². The van der Waals surface area contributed by atoms with Gasteiger partial charge in [-0.1, -0.05) is 0 Å². The molecule has 0 unspecified atom stereocenters. The Morgan fingerprint density at radius 3 is 2.45 bits per heavy atom. The molecular weight excluding hydrogens is 225 g/mol. The second kappa shape index (κ2) is 2.77. The van der Waals surface area contributed by atoms with Crippen molar-refractivity contribution in [1.82, 2.24) is 9.46 Å². The van der Waals surface area contributed by atoms with E-state index in [1.807, 2.05) is 0 Å². The molecule has 6 heteroatoms. The lowest BCUT2D eigenvalue weighted by Gasteiger charge is -2.17. The molecule has 0 saturated heterocycles. The molecule has 0 spiro atoms. The van der Waals surface area contributed by atoms with Crippen molar-refractivity contribution in [1.29, 1.82) is 0 Å². The molecule has 0 aromatic carbocycles. The zero-order chi connectivity index (χ0) is 8.48.